The monoisotopic (exact) mass is 376 g/mol. The number of hydrogen-bond acceptors (Lipinski definition) is 3. The standard InChI is InChI=1S/C16H12N2O2.C6H5Cl/c19-16-18-15(11-20-16)14-8-13(9-17-10-14)7-6-12-4-2-1-3-5-12;7-6-4-2-1-3-5-6/h1-5,8-10,15H,11H2,(H,18,19);1-5H/t15-;/m0./s1. The van der Waals surface area contributed by atoms with Gasteiger partial charge in [0.1, 0.15) is 6.61 Å². The first kappa shape index (κ1) is 18.5. The van der Waals surface area contributed by atoms with Crippen molar-refractivity contribution in [1.82, 2.24) is 10.3 Å². The molecule has 2 aromatic carbocycles. The van der Waals surface area contributed by atoms with Crippen molar-refractivity contribution in [3.63, 3.8) is 0 Å². The zero-order valence-corrected chi connectivity index (χ0v) is 15.2. The lowest BCUT2D eigenvalue weighted by molar-refractivity contribution is 0.177. The Morgan fingerprint density at radius 3 is 2.22 bits per heavy atom. The third kappa shape index (κ3) is 5.88. The molecule has 1 saturated heterocycles. The van der Waals surface area contributed by atoms with Gasteiger partial charge in [-0.15, -0.1) is 0 Å². The van der Waals surface area contributed by atoms with Gasteiger partial charge in [-0.2, -0.15) is 0 Å². The second-order valence-corrected chi connectivity index (χ2v) is 6.15. The Hall–Kier alpha value is -3.29. The Morgan fingerprint density at radius 2 is 1.63 bits per heavy atom. The summed E-state index contributed by atoms with van der Waals surface area (Å²) in [6.45, 7) is 0.329. The van der Waals surface area contributed by atoms with E-state index < -0.39 is 6.09 Å². The first-order valence-corrected chi connectivity index (χ1v) is 8.74. The Kier molecular flexibility index (Phi) is 6.45. The summed E-state index contributed by atoms with van der Waals surface area (Å²) in [5.74, 6) is 6.15. The maximum atomic E-state index is 11.0. The minimum Gasteiger partial charge on any atom is -0.447 e. The van der Waals surface area contributed by atoms with Crippen LogP contribution in [0.5, 0.6) is 0 Å². The van der Waals surface area contributed by atoms with Crippen molar-refractivity contribution in [3.05, 3.63) is 101 Å². The SMILES string of the molecule is Clc1ccccc1.O=C1N[C@H](c2cncc(C#Cc3ccccc3)c2)CO1. The van der Waals surface area contributed by atoms with E-state index in [0.717, 1.165) is 21.7 Å². The zero-order chi connectivity index (χ0) is 18.9. The molecular weight excluding hydrogens is 360 g/mol. The normalized spacial score (nSPS) is 14.7. The summed E-state index contributed by atoms with van der Waals surface area (Å²) in [7, 11) is 0. The van der Waals surface area contributed by atoms with Crippen LogP contribution in [0.1, 0.15) is 22.7 Å². The number of rotatable bonds is 1. The molecule has 1 aromatic heterocycles. The summed E-state index contributed by atoms with van der Waals surface area (Å²) in [5.41, 5.74) is 2.67. The van der Waals surface area contributed by atoms with Crippen LogP contribution in [-0.4, -0.2) is 17.7 Å². The molecule has 3 aromatic rings. The zero-order valence-electron chi connectivity index (χ0n) is 14.4. The first-order chi connectivity index (χ1) is 13.2. The molecule has 0 spiro atoms. The second-order valence-electron chi connectivity index (χ2n) is 5.71. The Balaban J connectivity index is 0.000000253. The highest BCUT2D eigenvalue weighted by atomic mass is 35.5. The molecule has 5 heteroatoms. The maximum Gasteiger partial charge on any atom is 0.407 e. The molecule has 0 saturated carbocycles. The number of aromatic nitrogens is 1. The molecule has 1 fully saturated rings. The molecular formula is C22H17ClN2O2. The lowest BCUT2D eigenvalue weighted by atomic mass is 10.1. The van der Waals surface area contributed by atoms with Gasteiger partial charge in [0.15, 0.2) is 0 Å². The van der Waals surface area contributed by atoms with Gasteiger partial charge in [-0.05, 0) is 35.9 Å². The lowest BCUT2D eigenvalue weighted by Gasteiger charge is -2.06. The van der Waals surface area contributed by atoms with Crippen LogP contribution in [0.15, 0.2) is 79.1 Å². The number of nitrogens with one attached hydrogen (secondary N) is 1. The highest BCUT2D eigenvalue weighted by Gasteiger charge is 2.23. The van der Waals surface area contributed by atoms with Gasteiger partial charge in [0, 0.05) is 28.5 Å². The van der Waals surface area contributed by atoms with Gasteiger partial charge >= 0.3 is 6.09 Å². The van der Waals surface area contributed by atoms with E-state index in [-0.39, 0.29) is 6.04 Å². The predicted molar refractivity (Wildman–Crippen MR) is 105 cm³/mol. The molecule has 134 valence electrons. The topological polar surface area (TPSA) is 51.2 Å². The van der Waals surface area contributed by atoms with Crippen LogP contribution in [0.2, 0.25) is 5.02 Å². The summed E-state index contributed by atoms with van der Waals surface area (Å²) in [5, 5.41) is 3.52. The number of halogens is 1. The molecule has 1 amide bonds. The first-order valence-electron chi connectivity index (χ1n) is 8.36. The number of carbonyl (C=O) groups is 1. The summed E-state index contributed by atoms with van der Waals surface area (Å²) < 4.78 is 4.88. The molecule has 1 aliphatic rings. The van der Waals surface area contributed by atoms with Crippen molar-refractivity contribution in [2.24, 2.45) is 0 Å². The van der Waals surface area contributed by atoms with E-state index in [9.17, 15) is 4.79 Å². The quantitative estimate of drug-likeness (QED) is 0.631. The van der Waals surface area contributed by atoms with Crippen molar-refractivity contribution in [2.45, 2.75) is 6.04 Å². The Morgan fingerprint density at radius 1 is 0.963 bits per heavy atom. The average Bonchev–Trinajstić information content (AvgIpc) is 3.15. The minimum atomic E-state index is -0.393. The van der Waals surface area contributed by atoms with E-state index >= 15 is 0 Å². The van der Waals surface area contributed by atoms with Crippen molar-refractivity contribution in [1.29, 1.82) is 0 Å². The average molecular weight is 377 g/mol. The van der Waals surface area contributed by atoms with Gasteiger partial charge < -0.3 is 10.1 Å². The highest BCUT2D eigenvalue weighted by Crippen LogP contribution is 2.17. The molecule has 0 radical (unpaired) electrons. The molecule has 0 aliphatic carbocycles. The van der Waals surface area contributed by atoms with Crippen LogP contribution in [-0.2, 0) is 4.74 Å². The number of alkyl carbamates (subject to hydrolysis) is 1. The van der Waals surface area contributed by atoms with E-state index in [1.807, 2.05) is 66.7 Å². The van der Waals surface area contributed by atoms with E-state index in [1.54, 1.807) is 12.4 Å². The molecule has 1 N–H and O–H groups in total. The summed E-state index contributed by atoms with van der Waals surface area (Å²) in [6, 6.07) is 21.0. The number of carbonyl (C=O) groups excluding carboxylic acids is 1. The van der Waals surface area contributed by atoms with E-state index in [0.29, 0.717) is 6.61 Å². The number of cyclic esters (lactones) is 1. The predicted octanol–water partition coefficient (Wildman–Crippen LogP) is 4.60. The smallest absolute Gasteiger partial charge is 0.407 e. The highest BCUT2D eigenvalue weighted by molar-refractivity contribution is 6.30. The fourth-order valence-electron chi connectivity index (χ4n) is 2.36. The number of hydrogen-bond donors (Lipinski definition) is 1. The summed E-state index contributed by atoms with van der Waals surface area (Å²) >= 11 is 5.54. The number of ether oxygens (including phenoxy) is 1. The molecule has 4 nitrogen and oxygen atoms in total. The summed E-state index contributed by atoms with van der Waals surface area (Å²) in [6.07, 6.45) is 3.03. The third-order valence-electron chi connectivity index (χ3n) is 3.69. The van der Waals surface area contributed by atoms with Crippen molar-refractivity contribution in [3.8, 4) is 11.8 Å². The molecule has 0 unspecified atom stereocenters. The number of amides is 1. The molecule has 1 aliphatic heterocycles. The van der Waals surface area contributed by atoms with Crippen LogP contribution in [0.25, 0.3) is 0 Å². The van der Waals surface area contributed by atoms with Crippen LogP contribution in [0.4, 0.5) is 4.79 Å². The van der Waals surface area contributed by atoms with Crippen LogP contribution in [0, 0.1) is 11.8 Å². The largest absolute Gasteiger partial charge is 0.447 e. The fourth-order valence-corrected chi connectivity index (χ4v) is 2.51. The minimum absolute atomic E-state index is 0.145. The van der Waals surface area contributed by atoms with Gasteiger partial charge in [-0.25, -0.2) is 4.79 Å². The molecule has 1 atom stereocenters. The van der Waals surface area contributed by atoms with Gasteiger partial charge in [0.25, 0.3) is 0 Å². The molecule has 2 heterocycles. The van der Waals surface area contributed by atoms with Crippen molar-refractivity contribution in [2.75, 3.05) is 6.61 Å². The van der Waals surface area contributed by atoms with E-state index in [1.165, 1.54) is 0 Å². The maximum absolute atomic E-state index is 11.0. The number of pyridine rings is 1. The van der Waals surface area contributed by atoms with Crippen molar-refractivity contribution >= 4 is 17.7 Å². The molecule has 0 bridgehead atoms. The van der Waals surface area contributed by atoms with Crippen LogP contribution >= 0.6 is 11.6 Å². The van der Waals surface area contributed by atoms with Gasteiger partial charge in [0.05, 0.1) is 6.04 Å². The Labute approximate surface area is 163 Å². The van der Waals surface area contributed by atoms with Gasteiger partial charge in [-0.3, -0.25) is 4.98 Å². The lowest BCUT2D eigenvalue weighted by Crippen LogP contribution is -2.18. The molecule has 27 heavy (non-hydrogen) atoms. The van der Waals surface area contributed by atoms with Gasteiger partial charge in [0.2, 0.25) is 0 Å². The van der Waals surface area contributed by atoms with Crippen molar-refractivity contribution < 1.29 is 9.53 Å². The Bertz CT molecular complexity index is 950. The van der Waals surface area contributed by atoms with Gasteiger partial charge in [-0.1, -0.05) is 59.8 Å². The fraction of sp³-hybridized carbons (Fsp3) is 0.0909. The molecule has 4 rings (SSSR count). The van der Waals surface area contributed by atoms with E-state index in [4.69, 9.17) is 16.3 Å². The van der Waals surface area contributed by atoms with E-state index in [2.05, 4.69) is 22.1 Å². The summed E-state index contributed by atoms with van der Waals surface area (Å²) in [4.78, 5) is 15.2. The second kappa shape index (κ2) is 9.42. The number of benzene rings is 2. The third-order valence-corrected chi connectivity index (χ3v) is 3.94. The van der Waals surface area contributed by atoms with Crippen LogP contribution in [0.3, 0.4) is 0 Å². The van der Waals surface area contributed by atoms with Crippen LogP contribution < -0.4 is 5.32 Å². The number of nitrogens with zero attached hydrogens (tertiary/aromatic N) is 1.